The Labute approximate surface area is 198 Å². The van der Waals surface area contributed by atoms with Crippen LogP contribution in [0.4, 0.5) is 5.69 Å². The molecule has 0 radical (unpaired) electrons. The molecular weight excluding hydrogens is 434 g/mol. The first kappa shape index (κ1) is 22.4. The molecule has 2 aromatic carbocycles. The SMILES string of the molecule is CC1CCN(Cc2ccc(NC(=O)COCc3cc(-c4ccc5c(c4)OCO5)on3)cc2)CC1. The van der Waals surface area contributed by atoms with Crippen molar-refractivity contribution in [2.24, 2.45) is 5.92 Å². The number of benzene rings is 2. The van der Waals surface area contributed by atoms with Crippen LogP contribution in [0.1, 0.15) is 31.0 Å². The van der Waals surface area contributed by atoms with E-state index >= 15 is 0 Å². The van der Waals surface area contributed by atoms with Crippen LogP contribution in [0.3, 0.4) is 0 Å². The van der Waals surface area contributed by atoms with Gasteiger partial charge in [-0.1, -0.05) is 24.2 Å². The minimum atomic E-state index is -0.211. The number of carbonyl (C=O) groups excluding carboxylic acids is 1. The van der Waals surface area contributed by atoms with Gasteiger partial charge in [0.1, 0.15) is 12.3 Å². The number of rotatable bonds is 8. The average molecular weight is 464 g/mol. The first-order valence-corrected chi connectivity index (χ1v) is 11.7. The second kappa shape index (κ2) is 10.3. The molecule has 1 fully saturated rings. The van der Waals surface area contributed by atoms with Gasteiger partial charge < -0.3 is 24.1 Å². The van der Waals surface area contributed by atoms with Gasteiger partial charge in [-0.15, -0.1) is 0 Å². The lowest BCUT2D eigenvalue weighted by Gasteiger charge is -2.30. The Morgan fingerprint density at radius 1 is 1.09 bits per heavy atom. The highest BCUT2D eigenvalue weighted by Gasteiger charge is 2.17. The van der Waals surface area contributed by atoms with Gasteiger partial charge in [0.05, 0.1) is 6.61 Å². The number of aromatic nitrogens is 1. The van der Waals surface area contributed by atoms with Crippen molar-refractivity contribution in [1.29, 1.82) is 0 Å². The van der Waals surface area contributed by atoms with Crippen molar-refractivity contribution in [1.82, 2.24) is 10.1 Å². The number of carbonyl (C=O) groups is 1. The summed E-state index contributed by atoms with van der Waals surface area (Å²) in [6.07, 6.45) is 2.53. The molecule has 1 saturated heterocycles. The third kappa shape index (κ3) is 5.58. The average Bonchev–Trinajstić information content (AvgIpc) is 3.51. The molecular formula is C26H29N3O5. The first-order chi connectivity index (χ1) is 16.6. The van der Waals surface area contributed by atoms with Crippen molar-refractivity contribution in [2.45, 2.75) is 32.9 Å². The zero-order chi connectivity index (χ0) is 23.3. The van der Waals surface area contributed by atoms with Gasteiger partial charge in [0.15, 0.2) is 17.3 Å². The highest BCUT2D eigenvalue weighted by atomic mass is 16.7. The van der Waals surface area contributed by atoms with Gasteiger partial charge in [-0.3, -0.25) is 9.69 Å². The number of hydrogen-bond donors (Lipinski definition) is 1. The van der Waals surface area contributed by atoms with Gasteiger partial charge in [0.2, 0.25) is 12.7 Å². The Morgan fingerprint density at radius 3 is 2.71 bits per heavy atom. The van der Waals surface area contributed by atoms with Crippen molar-refractivity contribution in [3.8, 4) is 22.8 Å². The predicted molar refractivity (Wildman–Crippen MR) is 126 cm³/mol. The lowest BCUT2D eigenvalue weighted by molar-refractivity contribution is -0.121. The maximum Gasteiger partial charge on any atom is 0.250 e. The second-order valence-corrected chi connectivity index (χ2v) is 8.95. The summed E-state index contributed by atoms with van der Waals surface area (Å²) in [5.41, 5.74) is 3.46. The van der Waals surface area contributed by atoms with E-state index in [9.17, 15) is 4.79 Å². The van der Waals surface area contributed by atoms with Crippen LogP contribution < -0.4 is 14.8 Å². The van der Waals surface area contributed by atoms with E-state index in [-0.39, 0.29) is 25.9 Å². The van der Waals surface area contributed by atoms with Gasteiger partial charge >= 0.3 is 0 Å². The summed E-state index contributed by atoms with van der Waals surface area (Å²) < 4.78 is 21.6. The number of fused-ring (bicyclic) bond motifs is 1. The molecule has 1 aromatic heterocycles. The number of anilines is 1. The topological polar surface area (TPSA) is 86.1 Å². The van der Waals surface area contributed by atoms with Crippen LogP contribution >= 0.6 is 0 Å². The highest BCUT2D eigenvalue weighted by molar-refractivity contribution is 5.91. The van der Waals surface area contributed by atoms with Crippen LogP contribution in [-0.4, -0.2) is 42.5 Å². The summed E-state index contributed by atoms with van der Waals surface area (Å²) in [4.78, 5) is 14.7. The van der Waals surface area contributed by atoms with Crippen molar-refractivity contribution >= 4 is 11.6 Å². The summed E-state index contributed by atoms with van der Waals surface area (Å²) in [5, 5.41) is 6.89. The van der Waals surface area contributed by atoms with E-state index in [4.69, 9.17) is 18.7 Å². The summed E-state index contributed by atoms with van der Waals surface area (Å²) in [7, 11) is 0. The molecule has 8 heteroatoms. The van der Waals surface area contributed by atoms with Crippen molar-refractivity contribution in [3.63, 3.8) is 0 Å². The van der Waals surface area contributed by atoms with E-state index < -0.39 is 0 Å². The third-order valence-corrected chi connectivity index (χ3v) is 6.22. The zero-order valence-corrected chi connectivity index (χ0v) is 19.3. The maximum atomic E-state index is 12.3. The van der Waals surface area contributed by atoms with E-state index in [1.807, 2.05) is 30.3 Å². The van der Waals surface area contributed by atoms with Gasteiger partial charge in [0, 0.05) is 23.9 Å². The molecule has 178 valence electrons. The number of nitrogens with one attached hydrogen (secondary N) is 1. The zero-order valence-electron chi connectivity index (χ0n) is 19.3. The Balaban J connectivity index is 1.06. The Kier molecular flexibility index (Phi) is 6.78. The van der Waals surface area contributed by atoms with Crippen molar-refractivity contribution in [2.75, 3.05) is 31.8 Å². The quantitative estimate of drug-likeness (QED) is 0.528. The summed E-state index contributed by atoms with van der Waals surface area (Å²) in [6, 6.07) is 15.4. The van der Waals surface area contributed by atoms with Crippen LogP contribution in [0, 0.1) is 5.92 Å². The summed E-state index contributed by atoms with van der Waals surface area (Å²) in [5.74, 6) is 2.61. The number of likely N-dealkylation sites (tertiary alicyclic amines) is 1. The number of nitrogens with zero attached hydrogens (tertiary/aromatic N) is 2. The summed E-state index contributed by atoms with van der Waals surface area (Å²) in [6.45, 7) is 5.91. The van der Waals surface area contributed by atoms with Crippen LogP contribution in [0.5, 0.6) is 11.5 Å². The molecule has 34 heavy (non-hydrogen) atoms. The Hall–Kier alpha value is -3.36. The molecule has 3 aromatic rings. The van der Waals surface area contributed by atoms with Crippen molar-refractivity contribution < 1.29 is 23.5 Å². The van der Waals surface area contributed by atoms with E-state index in [0.717, 1.165) is 36.8 Å². The molecule has 0 bridgehead atoms. The van der Waals surface area contributed by atoms with Crippen molar-refractivity contribution in [3.05, 3.63) is 59.8 Å². The first-order valence-electron chi connectivity index (χ1n) is 11.7. The number of hydrogen-bond acceptors (Lipinski definition) is 7. The van der Waals surface area contributed by atoms with E-state index in [1.54, 1.807) is 6.07 Å². The van der Waals surface area contributed by atoms with Gasteiger partial charge in [-0.2, -0.15) is 0 Å². The molecule has 2 aliphatic heterocycles. The predicted octanol–water partition coefficient (Wildman–Crippen LogP) is 4.46. The fourth-order valence-electron chi connectivity index (χ4n) is 4.18. The van der Waals surface area contributed by atoms with E-state index in [1.165, 1.54) is 18.4 Å². The third-order valence-electron chi connectivity index (χ3n) is 6.22. The molecule has 0 atom stereocenters. The van der Waals surface area contributed by atoms with Crippen LogP contribution in [0.2, 0.25) is 0 Å². The maximum absolute atomic E-state index is 12.3. The van der Waals surface area contributed by atoms with E-state index in [0.29, 0.717) is 23.0 Å². The van der Waals surface area contributed by atoms with Crippen LogP contribution in [0.25, 0.3) is 11.3 Å². The van der Waals surface area contributed by atoms with Gasteiger partial charge in [0.25, 0.3) is 0 Å². The molecule has 3 heterocycles. The summed E-state index contributed by atoms with van der Waals surface area (Å²) >= 11 is 0. The lowest BCUT2D eigenvalue weighted by atomic mass is 9.99. The minimum Gasteiger partial charge on any atom is -0.454 e. The monoisotopic (exact) mass is 463 g/mol. The number of piperidine rings is 1. The normalized spacial score (nSPS) is 16.0. The Morgan fingerprint density at radius 2 is 1.88 bits per heavy atom. The second-order valence-electron chi connectivity index (χ2n) is 8.95. The fourth-order valence-corrected chi connectivity index (χ4v) is 4.18. The number of ether oxygens (including phenoxy) is 3. The fraction of sp³-hybridized carbons (Fsp3) is 0.385. The van der Waals surface area contributed by atoms with Crippen LogP contribution in [0.15, 0.2) is 53.1 Å². The minimum absolute atomic E-state index is 0.0695. The molecule has 2 aliphatic rings. The molecule has 1 amide bonds. The van der Waals surface area contributed by atoms with Gasteiger partial charge in [-0.05, 0) is 67.7 Å². The Bertz CT molecular complexity index is 1120. The highest BCUT2D eigenvalue weighted by Crippen LogP contribution is 2.36. The molecule has 5 rings (SSSR count). The smallest absolute Gasteiger partial charge is 0.250 e. The van der Waals surface area contributed by atoms with Crippen LogP contribution in [-0.2, 0) is 22.7 Å². The number of amides is 1. The molecule has 0 saturated carbocycles. The van der Waals surface area contributed by atoms with Gasteiger partial charge in [-0.25, -0.2) is 0 Å². The molecule has 0 unspecified atom stereocenters. The molecule has 1 N–H and O–H groups in total. The molecule has 8 nitrogen and oxygen atoms in total. The molecule has 0 aliphatic carbocycles. The standard InChI is InChI=1S/C26H29N3O5/c1-18-8-10-29(11-9-18)14-19-2-5-21(6-3-19)27-26(30)16-31-15-22-13-24(34-28-22)20-4-7-23-25(12-20)33-17-32-23/h2-7,12-13,18H,8-11,14-17H2,1H3,(H,27,30). The largest absolute Gasteiger partial charge is 0.454 e. The lowest BCUT2D eigenvalue weighted by Crippen LogP contribution is -2.32. The molecule has 0 spiro atoms. The van der Waals surface area contributed by atoms with E-state index in [2.05, 4.69) is 34.4 Å².